The molecule has 0 aliphatic carbocycles. The summed E-state index contributed by atoms with van der Waals surface area (Å²) in [5, 5.41) is 2.78. The first-order valence-electron chi connectivity index (χ1n) is 9.26. The van der Waals surface area contributed by atoms with E-state index in [9.17, 15) is 18.0 Å². The largest absolute Gasteiger partial charge is 0.465 e. The topological polar surface area (TPSA) is 92.8 Å². The van der Waals surface area contributed by atoms with Crippen LogP contribution in [0.25, 0.3) is 0 Å². The normalized spacial score (nSPS) is 11.4. The van der Waals surface area contributed by atoms with Crippen LogP contribution < -0.4 is 5.32 Å². The van der Waals surface area contributed by atoms with Crippen molar-refractivity contribution < 1.29 is 22.7 Å². The Morgan fingerprint density at radius 1 is 1.00 bits per heavy atom. The van der Waals surface area contributed by atoms with E-state index in [-0.39, 0.29) is 4.90 Å². The molecule has 2 rings (SSSR count). The summed E-state index contributed by atoms with van der Waals surface area (Å²) in [6.45, 7) is 7.90. The first-order chi connectivity index (χ1) is 13.6. The van der Waals surface area contributed by atoms with Gasteiger partial charge < -0.3 is 10.1 Å². The monoisotopic (exact) mass is 418 g/mol. The van der Waals surface area contributed by atoms with Crippen LogP contribution in [0.5, 0.6) is 0 Å². The summed E-state index contributed by atoms with van der Waals surface area (Å²) in [5.74, 6) is -0.890. The molecule has 0 spiro atoms. The highest BCUT2D eigenvalue weighted by atomic mass is 32.2. The molecule has 0 heterocycles. The summed E-state index contributed by atoms with van der Waals surface area (Å²) in [5.41, 5.74) is 2.64. The van der Waals surface area contributed by atoms with Crippen molar-refractivity contribution in [2.75, 3.05) is 25.5 Å². The number of aryl methyl sites for hydroxylation is 1. The first-order valence-corrected chi connectivity index (χ1v) is 10.7. The van der Waals surface area contributed by atoms with Gasteiger partial charge in [-0.15, -0.1) is 0 Å². The number of amides is 1. The lowest BCUT2D eigenvalue weighted by molar-refractivity contribution is 0.0600. The molecular weight excluding hydrogens is 392 g/mol. The molecule has 0 saturated heterocycles. The maximum absolute atomic E-state index is 12.9. The quantitative estimate of drug-likeness (QED) is 0.696. The Kier molecular flexibility index (Phi) is 7.16. The van der Waals surface area contributed by atoms with Crippen LogP contribution in [0.1, 0.15) is 45.7 Å². The van der Waals surface area contributed by atoms with Crippen molar-refractivity contribution in [2.24, 2.45) is 0 Å². The predicted molar refractivity (Wildman–Crippen MR) is 112 cm³/mol. The van der Waals surface area contributed by atoms with Crippen LogP contribution in [0.4, 0.5) is 5.69 Å². The number of carbonyl (C=O) groups excluding carboxylic acids is 2. The molecule has 0 bridgehead atoms. The zero-order valence-electron chi connectivity index (χ0n) is 17.3. The second-order valence-electron chi connectivity index (χ2n) is 6.53. The van der Waals surface area contributed by atoms with Gasteiger partial charge in [0.15, 0.2) is 0 Å². The highest BCUT2D eigenvalue weighted by Crippen LogP contribution is 2.26. The Balaban J connectivity index is 2.36. The summed E-state index contributed by atoms with van der Waals surface area (Å²) in [4.78, 5) is 24.3. The molecule has 156 valence electrons. The summed E-state index contributed by atoms with van der Waals surface area (Å²) < 4.78 is 31.7. The number of anilines is 1. The molecule has 7 nitrogen and oxygen atoms in total. The number of nitrogens with zero attached hydrogens (tertiary/aromatic N) is 1. The maximum atomic E-state index is 12.9. The van der Waals surface area contributed by atoms with Crippen molar-refractivity contribution in [2.45, 2.75) is 32.6 Å². The Labute approximate surface area is 171 Å². The van der Waals surface area contributed by atoms with Crippen molar-refractivity contribution in [3.05, 3.63) is 58.7 Å². The van der Waals surface area contributed by atoms with Crippen molar-refractivity contribution in [1.82, 2.24) is 4.31 Å². The van der Waals surface area contributed by atoms with E-state index in [0.29, 0.717) is 29.9 Å². The van der Waals surface area contributed by atoms with E-state index in [0.717, 1.165) is 11.1 Å². The molecule has 0 radical (unpaired) electrons. The molecule has 0 aliphatic heterocycles. The Bertz CT molecular complexity index is 1010. The minimum atomic E-state index is -3.65. The molecule has 0 atom stereocenters. The van der Waals surface area contributed by atoms with Gasteiger partial charge in [0, 0.05) is 24.3 Å². The number of nitrogens with one attached hydrogen (secondary N) is 1. The lowest BCUT2D eigenvalue weighted by Gasteiger charge is -2.20. The predicted octanol–water partition coefficient (Wildman–Crippen LogP) is 3.37. The molecule has 0 saturated carbocycles. The van der Waals surface area contributed by atoms with E-state index in [2.05, 4.69) is 10.1 Å². The van der Waals surface area contributed by atoms with Gasteiger partial charge in [0.1, 0.15) is 0 Å². The van der Waals surface area contributed by atoms with E-state index in [1.54, 1.807) is 26.8 Å². The van der Waals surface area contributed by atoms with E-state index >= 15 is 0 Å². The van der Waals surface area contributed by atoms with Gasteiger partial charge in [-0.1, -0.05) is 13.8 Å². The van der Waals surface area contributed by atoms with E-state index in [1.165, 1.54) is 41.7 Å². The van der Waals surface area contributed by atoms with Crippen LogP contribution in [-0.2, 0) is 14.8 Å². The third kappa shape index (κ3) is 4.83. The highest BCUT2D eigenvalue weighted by Gasteiger charge is 2.23. The molecule has 29 heavy (non-hydrogen) atoms. The van der Waals surface area contributed by atoms with Gasteiger partial charge in [-0.2, -0.15) is 4.31 Å². The highest BCUT2D eigenvalue weighted by molar-refractivity contribution is 7.89. The number of esters is 1. The zero-order chi connectivity index (χ0) is 21.8. The smallest absolute Gasteiger partial charge is 0.337 e. The van der Waals surface area contributed by atoms with Gasteiger partial charge in [-0.3, -0.25) is 4.79 Å². The van der Waals surface area contributed by atoms with Crippen LogP contribution in [0, 0.1) is 13.8 Å². The molecule has 0 aliphatic rings. The number of sulfonamides is 1. The van der Waals surface area contributed by atoms with Crippen LogP contribution in [0.2, 0.25) is 0 Å². The summed E-state index contributed by atoms with van der Waals surface area (Å²) in [6.07, 6.45) is 0. The molecule has 2 aromatic carbocycles. The van der Waals surface area contributed by atoms with Crippen LogP contribution >= 0.6 is 0 Å². The second kappa shape index (κ2) is 9.19. The number of ether oxygens (including phenoxy) is 1. The fraction of sp³-hybridized carbons (Fsp3) is 0.333. The maximum Gasteiger partial charge on any atom is 0.337 e. The van der Waals surface area contributed by atoms with Crippen LogP contribution in [0.15, 0.2) is 41.3 Å². The third-order valence-electron chi connectivity index (χ3n) is 4.80. The lowest BCUT2D eigenvalue weighted by atomic mass is 10.1. The summed E-state index contributed by atoms with van der Waals surface area (Å²) in [7, 11) is -2.37. The molecule has 8 heteroatoms. The average Bonchev–Trinajstić information content (AvgIpc) is 2.71. The second-order valence-corrected chi connectivity index (χ2v) is 8.46. The van der Waals surface area contributed by atoms with Crippen molar-refractivity contribution in [3.8, 4) is 0 Å². The minimum Gasteiger partial charge on any atom is -0.465 e. The Hall–Kier alpha value is -2.71. The Morgan fingerprint density at radius 2 is 1.55 bits per heavy atom. The third-order valence-corrected chi connectivity index (χ3v) is 6.83. The number of hydrogen-bond donors (Lipinski definition) is 1. The molecule has 0 aromatic heterocycles. The number of rotatable bonds is 7. The van der Waals surface area contributed by atoms with Gasteiger partial charge in [-0.25, -0.2) is 13.2 Å². The molecular formula is C21H26N2O5S. The van der Waals surface area contributed by atoms with Crippen molar-refractivity contribution in [1.29, 1.82) is 0 Å². The zero-order valence-corrected chi connectivity index (χ0v) is 18.1. The van der Waals surface area contributed by atoms with E-state index in [1.807, 2.05) is 6.92 Å². The van der Waals surface area contributed by atoms with Gasteiger partial charge in [0.25, 0.3) is 5.91 Å². The minimum absolute atomic E-state index is 0.139. The Morgan fingerprint density at radius 3 is 2.07 bits per heavy atom. The van der Waals surface area contributed by atoms with Crippen molar-refractivity contribution >= 4 is 27.6 Å². The van der Waals surface area contributed by atoms with Gasteiger partial charge in [-0.05, 0) is 61.4 Å². The number of carbonyl (C=O) groups is 2. The number of benzene rings is 2. The van der Waals surface area contributed by atoms with Gasteiger partial charge in [0.2, 0.25) is 10.0 Å². The van der Waals surface area contributed by atoms with Gasteiger partial charge in [0.05, 0.1) is 17.6 Å². The summed E-state index contributed by atoms with van der Waals surface area (Å²) in [6, 6.07) is 9.13. The fourth-order valence-electron chi connectivity index (χ4n) is 2.89. The SMILES string of the molecule is CCN(CC)S(=O)(=O)c1cc(C)c(C)c(NC(=O)c2ccc(C(=O)OC)cc2)c1. The standard InChI is InChI=1S/C21H26N2O5S/c1-6-23(7-2)29(26,27)18-12-14(3)15(4)19(13-18)22-20(24)16-8-10-17(11-9-16)21(25)28-5/h8-13H,6-7H2,1-5H3,(H,22,24). The lowest BCUT2D eigenvalue weighted by Crippen LogP contribution is -2.30. The molecule has 0 fully saturated rings. The van der Waals surface area contributed by atoms with Crippen LogP contribution in [0.3, 0.4) is 0 Å². The molecule has 0 unspecified atom stereocenters. The number of hydrogen-bond acceptors (Lipinski definition) is 5. The average molecular weight is 419 g/mol. The molecule has 2 aromatic rings. The van der Waals surface area contributed by atoms with Gasteiger partial charge >= 0.3 is 5.97 Å². The summed E-state index contributed by atoms with van der Waals surface area (Å²) >= 11 is 0. The molecule has 1 amide bonds. The molecule has 1 N–H and O–H groups in total. The van der Waals surface area contributed by atoms with E-state index in [4.69, 9.17) is 0 Å². The first kappa shape index (κ1) is 22.6. The van der Waals surface area contributed by atoms with Crippen molar-refractivity contribution in [3.63, 3.8) is 0 Å². The number of methoxy groups -OCH3 is 1. The van der Waals surface area contributed by atoms with E-state index < -0.39 is 21.9 Å². The van der Waals surface area contributed by atoms with Crippen LogP contribution in [-0.4, -0.2) is 44.8 Å². The fourth-order valence-corrected chi connectivity index (χ4v) is 4.46.